The predicted molar refractivity (Wildman–Crippen MR) is 107 cm³/mol. The van der Waals surface area contributed by atoms with E-state index in [1.165, 1.54) is 18.9 Å². The molecule has 1 aliphatic heterocycles. The molecular weight excluding hydrogens is 419 g/mol. The molecule has 0 aliphatic carbocycles. The molecule has 0 bridgehead atoms. The Hall–Kier alpha value is -2.84. The number of allylic oxidation sites excluding steroid dienone is 2. The third-order valence-electron chi connectivity index (χ3n) is 4.56. The zero-order valence-electron chi connectivity index (χ0n) is 16.1. The lowest BCUT2D eigenvalue weighted by molar-refractivity contribution is -0.137. The molecule has 3 rings (SSSR count). The number of carbonyl (C=O) groups excluding carboxylic acids is 2. The molecule has 0 amide bonds. The summed E-state index contributed by atoms with van der Waals surface area (Å²) in [6.07, 6.45) is 1.58. The molecule has 0 radical (unpaired) electrons. The number of benzene rings is 1. The first-order valence-corrected chi connectivity index (χ1v) is 9.27. The van der Waals surface area contributed by atoms with Gasteiger partial charge in [0, 0.05) is 11.4 Å². The number of methoxy groups -OCH3 is 2. The molecule has 0 atom stereocenters. The molecule has 1 N–H and O–H groups in total. The van der Waals surface area contributed by atoms with E-state index in [1.54, 1.807) is 38.2 Å². The molecule has 29 heavy (non-hydrogen) atoms. The largest absolute Gasteiger partial charge is 0.466 e. The Bertz CT molecular complexity index is 1020. The molecule has 0 saturated carbocycles. The number of hydrogen-bond acceptors (Lipinski definition) is 7. The molecular formula is C19H18Cl2N4O4. The van der Waals surface area contributed by atoms with Crippen LogP contribution in [0.25, 0.3) is 5.69 Å². The van der Waals surface area contributed by atoms with Crippen LogP contribution >= 0.6 is 23.2 Å². The number of esters is 2. The van der Waals surface area contributed by atoms with Crippen molar-refractivity contribution < 1.29 is 19.1 Å². The fraction of sp³-hybridized carbons (Fsp3) is 0.263. The first kappa shape index (κ1) is 20.9. The number of nitrogens with one attached hydrogen (secondary N) is 1. The Morgan fingerprint density at radius 1 is 1.07 bits per heavy atom. The van der Waals surface area contributed by atoms with Crippen molar-refractivity contribution in [1.29, 1.82) is 0 Å². The van der Waals surface area contributed by atoms with Crippen LogP contribution in [-0.4, -0.2) is 41.2 Å². The van der Waals surface area contributed by atoms with Crippen LogP contribution in [0, 0.1) is 0 Å². The van der Waals surface area contributed by atoms with Crippen molar-refractivity contribution in [3.63, 3.8) is 0 Å². The van der Waals surface area contributed by atoms with Crippen molar-refractivity contribution in [1.82, 2.24) is 20.3 Å². The number of dihydropyridines is 1. The Balaban J connectivity index is 2.17. The first-order chi connectivity index (χ1) is 13.8. The van der Waals surface area contributed by atoms with Crippen molar-refractivity contribution in [2.24, 2.45) is 0 Å². The fourth-order valence-corrected chi connectivity index (χ4v) is 3.63. The highest BCUT2D eigenvalue weighted by atomic mass is 35.5. The van der Waals surface area contributed by atoms with Crippen LogP contribution in [0.15, 0.2) is 46.9 Å². The summed E-state index contributed by atoms with van der Waals surface area (Å²) < 4.78 is 11.3. The lowest BCUT2D eigenvalue weighted by Crippen LogP contribution is -2.32. The molecule has 2 heterocycles. The van der Waals surface area contributed by atoms with Gasteiger partial charge in [-0.25, -0.2) is 14.3 Å². The standard InChI is InChI=1S/C19H18Cl2N4O4/c1-9-14(18(26)28-3)16(15(10(2)22-9)19(27)29-4)12-8-25(24-23-12)13-7-5-6-11(20)17(13)21/h5-8,16,22H,1-4H3. The fourth-order valence-electron chi connectivity index (χ4n) is 3.25. The minimum Gasteiger partial charge on any atom is -0.466 e. The van der Waals surface area contributed by atoms with E-state index >= 15 is 0 Å². The van der Waals surface area contributed by atoms with Crippen LogP contribution < -0.4 is 5.32 Å². The maximum absolute atomic E-state index is 12.5. The van der Waals surface area contributed by atoms with Crippen LogP contribution in [-0.2, 0) is 19.1 Å². The number of nitrogens with zero attached hydrogens (tertiary/aromatic N) is 3. The summed E-state index contributed by atoms with van der Waals surface area (Å²) in [6.45, 7) is 3.43. The molecule has 0 unspecified atom stereocenters. The summed E-state index contributed by atoms with van der Waals surface area (Å²) in [5.74, 6) is -2.02. The second kappa shape index (κ2) is 8.26. The van der Waals surface area contributed by atoms with Crippen LogP contribution in [0.1, 0.15) is 25.5 Å². The minimum absolute atomic E-state index is 0.239. The van der Waals surface area contributed by atoms with Crippen molar-refractivity contribution in [3.8, 4) is 5.69 Å². The minimum atomic E-state index is -0.831. The molecule has 0 spiro atoms. The highest BCUT2D eigenvalue weighted by Gasteiger charge is 2.39. The van der Waals surface area contributed by atoms with Crippen molar-refractivity contribution >= 4 is 35.1 Å². The quantitative estimate of drug-likeness (QED) is 0.735. The van der Waals surface area contributed by atoms with Crippen LogP contribution in [0.2, 0.25) is 10.0 Å². The van der Waals surface area contributed by atoms with Gasteiger partial charge in [-0.05, 0) is 26.0 Å². The van der Waals surface area contributed by atoms with Crippen LogP contribution in [0.5, 0.6) is 0 Å². The molecule has 1 aromatic heterocycles. The Labute approximate surface area is 177 Å². The summed E-state index contributed by atoms with van der Waals surface area (Å²) in [5.41, 5.74) is 2.42. The lowest BCUT2D eigenvalue weighted by Gasteiger charge is -2.28. The van der Waals surface area contributed by atoms with Crippen molar-refractivity contribution in [2.45, 2.75) is 19.8 Å². The van der Waals surface area contributed by atoms with E-state index in [-0.39, 0.29) is 11.1 Å². The Morgan fingerprint density at radius 3 is 2.21 bits per heavy atom. The predicted octanol–water partition coefficient (Wildman–Crippen LogP) is 3.15. The highest BCUT2D eigenvalue weighted by Crippen LogP contribution is 2.38. The van der Waals surface area contributed by atoms with Gasteiger partial charge < -0.3 is 14.8 Å². The molecule has 10 heteroatoms. The van der Waals surface area contributed by atoms with Gasteiger partial charge in [0.1, 0.15) is 0 Å². The molecule has 1 aromatic carbocycles. The van der Waals surface area contributed by atoms with Gasteiger partial charge in [0.2, 0.25) is 0 Å². The van der Waals surface area contributed by atoms with Gasteiger partial charge in [-0.1, -0.05) is 34.5 Å². The van der Waals surface area contributed by atoms with E-state index < -0.39 is 17.9 Å². The topological polar surface area (TPSA) is 95.3 Å². The number of halogens is 2. The van der Waals surface area contributed by atoms with E-state index in [1.807, 2.05) is 0 Å². The summed E-state index contributed by atoms with van der Waals surface area (Å²) in [4.78, 5) is 25.0. The van der Waals surface area contributed by atoms with E-state index in [2.05, 4.69) is 15.6 Å². The molecule has 0 fully saturated rings. The van der Waals surface area contributed by atoms with Gasteiger partial charge in [0.05, 0.1) is 58.9 Å². The Kier molecular flexibility index (Phi) is 5.95. The third-order valence-corrected chi connectivity index (χ3v) is 5.36. The highest BCUT2D eigenvalue weighted by molar-refractivity contribution is 6.43. The summed E-state index contributed by atoms with van der Waals surface area (Å²) >= 11 is 12.4. The van der Waals surface area contributed by atoms with Gasteiger partial charge in [0.25, 0.3) is 0 Å². The van der Waals surface area contributed by atoms with Crippen molar-refractivity contribution in [3.05, 3.63) is 62.7 Å². The van der Waals surface area contributed by atoms with Crippen molar-refractivity contribution in [2.75, 3.05) is 14.2 Å². The average Bonchev–Trinajstić information content (AvgIpc) is 3.18. The van der Waals surface area contributed by atoms with Gasteiger partial charge in [0.15, 0.2) is 0 Å². The molecule has 8 nitrogen and oxygen atoms in total. The summed E-state index contributed by atoms with van der Waals surface area (Å²) in [5, 5.41) is 12.0. The van der Waals surface area contributed by atoms with E-state index in [0.717, 1.165) is 0 Å². The second-order valence-corrected chi connectivity index (χ2v) is 7.06. The number of hydrogen-bond donors (Lipinski definition) is 1. The summed E-state index contributed by atoms with van der Waals surface area (Å²) in [7, 11) is 2.54. The molecule has 2 aromatic rings. The first-order valence-electron chi connectivity index (χ1n) is 8.52. The lowest BCUT2D eigenvalue weighted by atomic mass is 9.83. The zero-order chi connectivity index (χ0) is 21.3. The van der Waals surface area contributed by atoms with Gasteiger partial charge in [-0.2, -0.15) is 0 Å². The van der Waals surface area contributed by atoms with E-state index in [9.17, 15) is 9.59 Å². The van der Waals surface area contributed by atoms with Crippen LogP contribution in [0.4, 0.5) is 0 Å². The second-order valence-electron chi connectivity index (χ2n) is 6.28. The van der Waals surface area contributed by atoms with Gasteiger partial charge >= 0.3 is 11.9 Å². The number of rotatable bonds is 4. The average molecular weight is 437 g/mol. The number of aromatic nitrogens is 3. The molecule has 0 saturated heterocycles. The molecule has 1 aliphatic rings. The SMILES string of the molecule is COC(=O)C1=C(C)NC(C)=C(C(=O)OC)C1c1cn(-c2cccc(Cl)c2Cl)nn1. The smallest absolute Gasteiger partial charge is 0.336 e. The van der Waals surface area contributed by atoms with Crippen LogP contribution in [0.3, 0.4) is 0 Å². The van der Waals surface area contributed by atoms with E-state index in [0.29, 0.717) is 32.8 Å². The monoisotopic (exact) mass is 436 g/mol. The number of carbonyl (C=O) groups is 2. The zero-order valence-corrected chi connectivity index (χ0v) is 17.6. The normalized spacial score (nSPS) is 14.7. The summed E-state index contributed by atoms with van der Waals surface area (Å²) in [6, 6.07) is 5.10. The Morgan fingerprint density at radius 2 is 1.66 bits per heavy atom. The maximum Gasteiger partial charge on any atom is 0.336 e. The van der Waals surface area contributed by atoms with Gasteiger partial charge in [-0.3, -0.25) is 0 Å². The molecule has 152 valence electrons. The maximum atomic E-state index is 12.5. The van der Waals surface area contributed by atoms with E-state index in [4.69, 9.17) is 32.7 Å². The third kappa shape index (κ3) is 3.73. The number of ether oxygens (including phenoxy) is 2. The van der Waals surface area contributed by atoms with Gasteiger partial charge in [-0.15, -0.1) is 5.10 Å².